The quantitative estimate of drug-likeness (QED) is 0.763. The average Bonchev–Trinajstić information content (AvgIpc) is 2.43. The summed E-state index contributed by atoms with van der Waals surface area (Å²) in [5.41, 5.74) is 6.81. The second-order valence-electron chi connectivity index (χ2n) is 4.19. The Hall–Kier alpha value is -1.20. The summed E-state index contributed by atoms with van der Waals surface area (Å²) in [4.78, 5) is 11.8. The summed E-state index contributed by atoms with van der Waals surface area (Å²) in [5, 5.41) is 2.85. The molecule has 0 saturated carbocycles. The van der Waals surface area contributed by atoms with E-state index in [1.807, 2.05) is 37.4 Å². The maximum atomic E-state index is 11.8. The first-order valence-corrected chi connectivity index (χ1v) is 7.80. The third-order valence-electron chi connectivity index (χ3n) is 2.65. The van der Waals surface area contributed by atoms with Crippen molar-refractivity contribution in [1.29, 1.82) is 0 Å². The van der Waals surface area contributed by atoms with E-state index in [4.69, 9.17) is 10.5 Å². The van der Waals surface area contributed by atoms with Gasteiger partial charge in [-0.25, -0.2) is 0 Å². The number of amides is 1. The fraction of sp³-hybridized carbons (Fsp3) is 0.500. The van der Waals surface area contributed by atoms with Crippen molar-refractivity contribution in [1.82, 2.24) is 5.32 Å². The normalized spacial score (nSPS) is 11.9. The summed E-state index contributed by atoms with van der Waals surface area (Å²) in [6.07, 6.45) is 2.70. The van der Waals surface area contributed by atoms with Crippen molar-refractivity contribution in [2.24, 2.45) is 5.73 Å². The van der Waals surface area contributed by atoms with Gasteiger partial charge in [-0.2, -0.15) is 11.8 Å². The average molecular weight is 282 g/mol. The van der Waals surface area contributed by atoms with Gasteiger partial charge in [0.15, 0.2) is 0 Å². The number of hydrogen-bond donors (Lipinski definition) is 2. The van der Waals surface area contributed by atoms with Crippen LogP contribution in [0.4, 0.5) is 0 Å². The lowest BCUT2D eigenvalue weighted by atomic mass is 10.2. The minimum atomic E-state index is -0.428. The van der Waals surface area contributed by atoms with E-state index < -0.39 is 6.04 Å². The van der Waals surface area contributed by atoms with Crippen LogP contribution in [0.5, 0.6) is 5.75 Å². The van der Waals surface area contributed by atoms with Crippen molar-refractivity contribution in [3.8, 4) is 5.75 Å². The van der Waals surface area contributed by atoms with Gasteiger partial charge in [-0.05, 0) is 43.0 Å². The molecular formula is C14H22N2O2S. The largest absolute Gasteiger partial charge is 0.494 e. The summed E-state index contributed by atoms with van der Waals surface area (Å²) in [5.74, 6) is 1.62. The van der Waals surface area contributed by atoms with Gasteiger partial charge >= 0.3 is 0 Å². The molecule has 1 aromatic carbocycles. The predicted octanol–water partition coefficient (Wildman–Crippen LogP) is 1.78. The van der Waals surface area contributed by atoms with Crippen LogP contribution >= 0.6 is 11.8 Å². The highest BCUT2D eigenvalue weighted by atomic mass is 32.2. The van der Waals surface area contributed by atoms with Gasteiger partial charge in [-0.15, -0.1) is 0 Å². The van der Waals surface area contributed by atoms with Gasteiger partial charge in [0.25, 0.3) is 0 Å². The van der Waals surface area contributed by atoms with Gasteiger partial charge in [0.1, 0.15) is 5.75 Å². The zero-order chi connectivity index (χ0) is 14.1. The van der Waals surface area contributed by atoms with Crippen LogP contribution in [0, 0.1) is 0 Å². The summed E-state index contributed by atoms with van der Waals surface area (Å²) in [6, 6.07) is 7.27. The molecule has 0 radical (unpaired) electrons. The number of rotatable bonds is 8. The summed E-state index contributed by atoms with van der Waals surface area (Å²) < 4.78 is 5.41. The first-order chi connectivity index (χ1) is 9.17. The molecule has 0 aliphatic carbocycles. The minimum absolute atomic E-state index is 0.101. The van der Waals surface area contributed by atoms with Crippen molar-refractivity contribution in [2.75, 3.05) is 18.6 Å². The highest BCUT2D eigenvalue weighted by molar-refractivity contribution is 7.98. The third-order valence-corrected chi connectivity index (χ3v) is 3.29. The van der Waals surface area contributed by atoms with Crippen LogP contribution in [-0.2, 0) is 11.3 Å². The molecule has 1 atom stereocenters. The van der Waals surface area contributed by atoms with E-state index in [-0.39, 0.29) is 5.91 Å². The number of ether oxygens (including phenoxy) is 1. The first-order valence-electron chi connectivity index (χ1n) is 6.41. The molecule has 106 valence electrons. The van der Waals surface area contributed by atoms with E-state index in [9.17, 15) is 4.79 Å². The molecule has 0 aromatic heterocycles. The Morgan fingerprint density at radius 3 is 3.00 bits per heavy atom. The van der Waals surface area contributed by atoms with E-state index in [0.29, 0.717) is 19.6 Å². The first kappa shape index (κ1) is 15.9. The van der Waals surface area contributed by atoms with Crippen molar-refractivity contribution in [2.45, 2.75) is 25.9 Å². The molecule has 1 rings (SSSR count). The van der Waals surface area contributed by atoms with Crippen LogP contribution in [-0.4, -0.2) is 30.6 Å². The summed E-state index contributed by atoms with van der Waals surface area (Å²) in [7, 11) is 0. The van der Waals surface area contributed by atoms with E-state index >= 15 is 0 Å². The van der Waals surface area contributed by atoms with E-state index in [0.717, 1.165) is 17.1 Å². The molecular weight excluding hydrogens is 260 g/mol. The predicted molar refractivity (Wildman–Crippen MR) is 80.4 cm³/mol. The van der Waals surface area contributed by atoms with Crippen molar-refractivity contribution in [3.63, 3.8) is 0 Å². The topological polar surface area (TPSA) is 64.3 Å². The molecule has 0 aliphatic heterocycles. The standard InChI is InChI=1S/C14H22N2O2S/c1-3-18-12-6-4-5-11(9-12)10-16-14(17)13(15)7-8-19-2/h4-6,9,13H,3,7-8,10,15H2,1-2H3,(H,16,17)/t13-/m0/s1. The molecule has 0 spiro atoms. The van der Waals surface area contributed by atoms with Crippen LogP contribution in [0.3, 0.4) is 0 Å². The lowest BCUT2D eigenvalue weighted by molar-refractivity contribution is -0.122. The zero-order valence-corrected chi connectivity index (χ0v) is 12.3. The Balaban J connectivity index is 2.43. The summed E-state index contributed by atoms with van der Waals surface area (Å²) >= 11 is 1.69. The van der Waals surface area contributed by atoms with Crippen LogP contribution in [0.1, 0.15) is 18.9 Å². The molecule has 1 aromatic rings. The molecule has 0 unspecified atom stereocenters. The molecule has 19 heavy (non-hydrogen) atoms. The van der Waals surface area contributed by atoms with E-state index in [1.54, 1.807) is 11.8 Å². The zero-order valence-electron chi connectivity index (χ0n) is 11.5. The second kappa shape index (κ2) is 8.82. The Morgan fingerprint density at radius 2 is 2.32 bits per heavy atom. The van der Waals surface area contributed by atoms with Gasteiger partial charge in [-0.3, -0.25) is 4.79 Å². The molecule has 0 fully saturated rings. The number of hydrogen-bond acceptors (Lipinski definition) is 4. The number of benzene rings is 1. The third kappa shape index (κ3) is 5.98. The highest BCUT2D eigenvalue weighted by Gasteiger charge is 2.12. The number of carbonyl (C=O) groups is 1. The molecule has 1 amide bonds. The van der Waals surface area contributed by atoms with E-state index in [2.05, 4.69) is 5.32 Å². The van der Waals surface area contributed by atoms with Crippen LogP contribution in [0.25, 0.3) is 0 Å². The summed E-state index contributed by atoms with van der Waals surface area (Å²) in [6.45, 7) is 3.06. The Bertz CT molecular complexity index is 399. The van der Waals surface area contributed by atoms with E-state index in [1.165, 1.54) is 0 Å². The molecule has 0 heterocycles. The number of nitrogens with two attached hydrogens (primary N) is 1. The van der Waals surface area contributed by atoms with Crippen LogP contribution in [0.2, 0.25) is 0 Å². The molecule has 5 heteroatoms. The monoisotopic (exact) mass is 282 g/mol. The van der Waals surface area contributed by atoms with Gasteiger partial charge < -0.3 is 15.8 Å². The fourth-order valence-corrected chi connectivity index (χ4v) is 2.10. The smallest absolute Gasteiger partial charge is 0.237 e. The maximum absolute atomic E-state index is 11.8. The molecule has 0 saturated heterocycles. The lowest BCUT2D eigenvalue weighted by Crippen LogP contribution is -2.40. The fourth-order valence-electron chi connectivity index (χ4n) is 1.61. The Morgan fingerprint density at radius 1 is 1.53 bits per heavy atom. The molecule has 3 N–H and O–H groups in total. The Kier molecular flexibility index (Phi) is 7.36. The number of carbonyl (C=O) groups excluding carboxylic acids is 1. The van der Waals surface area contributed by atoms with Crippen molar-refractivity contribution < 1.29 is 9.53 Å². The van der Waals surface area contributed by atoms with Gasteiger partial charge in [0.2, 0.25) is 5.91 Å². The Labute approximate surface area is 119 Å². The van der Waals surface area contributed by atoms with Crippen LogP contribution in [0.15, 0.2) is 24.3 Å². The maximum Gasteiger partial charge on any atom is 0.237 e. The van der Waals surface area contributed by atoms with Gasteiger partial charge in [-0.1, -0.05) is 12.1 Å². The van der Waals surface area contributed by atoms with Crippen LogP contribution < -0.4 is 15.8 Å². The number of thioether (sulfide) groups is 1. The molecule has 0 aliphatic rings. The molecule has 0 bridgehead atoms. The van der Waals surface area contributed by atoms with Gasteiger partial charge in [0.05, 0.1) is 12.6 Å². The second-order valence-corrected chi connectivity index (χ2v) is 5.17. The lowest BCUT2D eigenvalue weighted by Gasteiger charge is -2.12. The highest BCUT2D eigenvalue weighted by Crippen LogP contribution is 2.13. The van der Waals surface area contributed by atoms with Crippen molar-refractivity contribution >= 4 is 17.7 Å². The molecule has 4 nitrogen and oxygen atoms in total. The minimum Gasteiger partial charge on any atom is -0.494 e. The number of nitrogens with one attached hydrogen (secondary N) is 1. The SMILES string of the molecule is CCOc1cccc(CNC(=O)[C@@H](N)CCSC)c1. The van der Waals surface area contributed by atoms with Gasteiger partial charge in [0, 0.05) is 6.54 Å². The van der Waals surface area contributed by atoms with Crippen molar-refractivity contribution in [3.05, 3.63) is 29.8 Å².